The van der Waals surface area contributed by atoms with Crippen molar-refractivity contribution in [2.24, 2.45) is 0 Å². The van der Waals surface area contributed by atoms with Crippen LogP contribution in [0.25, 0.3) is 10.9 Å². The molecule has 0 unspecified atom stereocenters. The van der Waals surface area contributed by atoms with Crippen molar-refractivity contribution in [1.29, 1.82) is 0 Å². The van der Waals surface area contributed by atoms with Gasteiger partial charge in [-0.2, -0.15) is 0 Å². The molecule has 3 rings (SSSR count). The highest BCUT2D eigenvalue weighted by molar-refractivity contribution is 6.31. The zero-order chi connectivity index (χ0) is 16.4. The van der Waals surface area contributed by atoms with Crippen LogP contribution in [0.4, 0.5) is 11.5 Å². The minimum Gasteiger partial charge on any atom is -0.454 e. The van der Waals surface area contributed by atoms with Crippen LogP contribution in [0, 0.1) is 0 Å². The molecular weight excluding hydrogens is 316 g/mol. The lowest BCUT2D eigenvalue weighted by molar-refractivity contribution is 0.0464. The Morgan fingerprint density at radius 1 is 1.13 bits per heavy atom. The highest BCUT2D eigenvalue weighted by atomic mass is 35.5. The quantitative estimate of drug-likeness (QED) is 0.566. The fraction of sp³-hybridized carbons (Fsp3) is 0.0625. The second-order valence-corrected chi connectivity index (χ2v) is 5.29. The van der Waals surface area contributed by atoms with Gasteiger partial charge in [0.05, 0.1) is 11.1 Å². The van der Waals surface area contributed by atoms with E-state index >= 15 is 0 Å². The summed E-state index contributed by atoms with van der Waals surface area (Å²) in [5.41, 5.74) is 12.8. The first-order valence-corrected chi connectivity index (χ1v) is 7.15. The predicted octanol–water partition coefficient (Wildman–Crippen LogP) is 2.80. The van der Waals surface area contributed by atoms with Gasteiger partial charge in [-0.3, -0.25) is 0 Å². The van der Waals surface area contributed by atoms with Gasteiger partial charge in [0.2, 0.25) is 0 Å². The molecule has 0 spiro atoms. The van der Waals surface area contributed by atoms with E-state index in [9.17, 15) is 4.79 Å². The number of hydrogen-bond acceptors (Lipinski definition) is 6. The molecule has 4 N–H and O–H groups in total. The average Bonchev–Trinajstić information content (AvgIpc) is 2.53. The zero-order valence-corrected chi connectivity index (χ0v) is 12.7. The molecule has 0 bridgehead atoms. The van der Waals surface area contributed by atoms with Gasteiger partial charge in [-0.15, -0.1) is 0 Å². The Morgan fingerprint density at radius 3 is 2.70 bits per heavy atom. The van der Waals surface area contributed by atoms with Crippen LogP contribution in [0.2, 0.25) is 5.02 Å². The van der Waals surface area contributed by atoms with Crippen LogP contribution in [-0.2, 0) is 11.3 Å². The number of nitrogens with zero attached hydrogens (tertiary/aromatic N) is 2. The normalized spacial score (nSPS) is 10.7. The SMILES string of the molecule is Nc1cc(Cl)ccc1C(=O)OCc1nc(N)c2ccccc2n1. The molecule has 0 aliphatic rings. The lowest BCUT2D eigenvalue weighted by Gasteiger charge is -2.08. The van der Waals surface area contributed by atoms with E-state index in [1.54, 1.807) is 6.07 Å². The second kappa shape index (κ2) is 6.10. The van der Waals surface area contributed by atoms with Crippen LogP contribution in [0.5, 0.6) is 0 Å². The van der Waals surface area contributed by atoms with Gasteiger partial charge in [0.1, 0.15) is 5.82 Å². The number of aromatic nitrogens is 2. The maximum atomic E-state index is 12.1. The largest absolute Gasteiger partial charge is 0.454 e. The number of rotatable bonds is 3. The number of carbonyl (C=O) groups excluding carboxylic acids is 1. The van der Waals surface area contributed by atoms with Crippen molar-refractivity contribution >= 4 is 40.0 Å². The lowest BCUT2D eigenvalue weighted by Crippen LogP contribution is -2.10. The molecule has 0 aliphatic carbocycles. The molecular formula is C16H13ClN4O2. The zero-order valence-electron chi connectivity index (χ0n) is 12.0. The van der Waals surface area contributed by atoms with E-state index in [1.807, 2.05) is 24.3 Å². The molecule has 0 saturated heterocycles. The number of benzene rings is 2. The average molecular weight is 329 g/mol. The smallest absolute Gasteiger partial charge is 0.340 e. The number of esters is 1. The molecule has 6 nitrogen and oxygen atoms in total. The highest BCUT2D eigenvalue weighted by Crippen LogP contribution is 2.20. The van der Waals surface area contributed by atoms with Crippen LogP contribution in [0.15, 0.2) is 42.5 Å². The molecule has 23 heavy (non-hydrogen) atoms. The standard InChI is InChI=1S/C16H13ClN4O2/c17-9-5-6-10(12(18)7-9)16(22)23-8-14-20-13-4-2-1-3-11(13)15(19)21-14/h1-7H,8,18H2,(H2,19,20,21). The molecule has 0 fully saturated rings. The number of hydrogen-bond donors (Lipinski definition) is 2. The van der Waals surface area contributed by atoms with Crippen LogP contribution >= 0.6 is 11.6 Å². The van der Waals surface area contributed by atoms with E-state index < -0.39 is 5.97 Å². The van der Waals surface area contributed by atoms with E-state index in [4.69, 9.17) is 27.8 Å². The summed E-state index contributed by atoms with van der Waals surface area (Å²) in [7, 11) is 0. The van der Waals surface area contributed by atoms with Crippen molar-refractivity contribution in [1.82, 2.24) is 9.97 Å². The van der Waals surface area contributed by atoms with Crippen molar-refractivity contribution in [3.63, 3.8) is 0 Å². The number of anilines is 2. The van der Waals surface area contributed by atoms with Crippen LogP contribution in [0.1, 0.15) is 16.2 Å². The third-order valence-electron chi connectivity index (χ3n) is 3.24. The minimum atomic E-state index is -0.575. The number of fused-ring (bicyclic) bond motifs is 1. The third kappa shape index (κ3) is 3.17. The Kier molecular flexibility index (Phi) is 3.99. The molecule has 116 valence electrons. The van der Waals surface area contributed by atoms with Crippen LogP contribution < -0.4 is 11.5 Å². The van der Waals surface area contributed by atoms with Crippen LogP contribution in [0.3, 0.4) is 0 Å². The monoisotopic (exact) mass is 328 g/mol. The fourth-order valence-corrected chi connectivity index (χ4v) is 2.32. The molecule has 2 aromatic carbocycles. The number of halogens is 1. The third-order valence-corrected chi connectivity index (χ3v) is 3.48. The maximum Gasteiger partial charge on any atom is 0.340 e. The summed E-state index contributed by atoms with van der Waals surface area (Å²) in [6.45, 7) is -0.101. The molecule has 3 aromatic rings. The van der Waals surface area contributed by atoms with E-state index in [-0.39, 0.29) is 17.9 Å². The number of carbonyl (C=O) groups is 1. The van der Waals surface area contributed by atoms with Gasteiger partial charge >= 0.3 is 5.97 Å². The molecule has 0 amide bonds. The lowest BCUT2D eigenvalue weighted by atomic mass is 10.2. The summed E-state index contributed by atoms with van der Waals surface area (Å²) in [5.74, 6) is 0.0873. The van der Waals surface area contributed by atoms with Crippen molar-refractivity contribution in [3.8, 4) is 0 Å². The van der Waals surface area contributed by atoms with Gasteiger partial charge in [0, 0.05) is 16.1 Å². The summed E-state index contributed by atoms with van der Waals surface area (Å²) >= 11 is 5.80. The van der Waals surface area contributed by atoms with Crippen LogP contribution in [-0.4, -0.2) is 15.9 Å². The van der Waals surface area contributed by atoms with Gasteiger partial charge in [0.25, 0.3) is 0 Å². The van der Waals surface area contributed by atoms with E-state index in [1.165, 1.54) is 12.1 Å². The van der Waals surface area contributed by atoms with E-state index in [2.05, 4.69) is 9.97 Å². The summed E-state index contributed by atoms with van der Waals surface area (Å²) < 4.78 is 5.20. The summed E-state index contributed by atoms with van der Waals surface area (Å²) in [4.78, 5) is 20.5. The van der Waals surface area contributed by atoms with Gasteiger partial charge < -0.3 is 16.2 Å². The first kappa shape index (κ1) is 15.1. The van der Waals surface area contributed by atoms with E-state index in [0.717, 1.165) is 5.39 Å². The Hall–Kier alpha value is -2.86. The number of nitrogen functional groups attached to an aromatic ring is 2. The topological polar surface area (TPSA) is 104 Å². The van der Waals surface area contributed by atoms with Crippen molar-refractivity contribution < 1.29 is 9.53 Å². The van der Waals surface area contributed by atoms with Crippen molar-refractivity contribution in [2.75, 3.05) is 11.5 Å². The fourth-order valence-electron chi connectivity index (χ4n) is 2.14. The summed E-state index contributed by atoms with van der Waals surface area (Å²) in [6.07, 6.45) is 0. The molecule has 0 saturated carbocycles. The maximum absolute atomic E-state index is 12.1. The van der Waals surface area contributed by atoms with Gasteiger partial charge in [0.15, 0.2) is 12.4 Å². The molecule has 1 heterocycles. The Balaban J connectivity index is 1.79. The molecule has 0 radical (unpaired) electrons. The number of nitrogens with two attached hydrogens (primary N) is 2. The van der Waals surface area contributed by atoms with E-state index in [0.29, 0.717) is 22.2 Å². The number of para-hydroxylation sites is 1. The van der Waals surface area contributed by atoms with Gasteiger partial charge in [-0.1, -0.05) is 23.7 Å². The molecule has 1 aromatic heterocycles. The number of ether oxygens (including phenoxy) is 1. The highest BCUT2D eigenvalue weighted by Gasteiger charge is 2.13. The Labute approximate surface area is 137 Å². The van der Waals surface area contributed by atoms with Crippen molar-refractivity contribution in [3.05, 3.63) is 58.9 Å². The first-order valence-electron chi connectivity index (χ1n) is 6.78. The minimum absolute atomic E-state index is 0.101. The van der Waals surface area contributed by atoms with Gasteiger partial charge in [-0.25, -0.2) is 14.8 Å². The Morgan fingerprint density at radius 2 is 1.91 bits per heavy atom. The summed E-state index contributed by atoms with van der Waals surface area (Å²) in [6, 6.07) is 11.9. The summed E-state index contributed by atoms with van der Waals surface area (Å²) in [5, 5.41) is 1.20. The predicted molar refractivity (Wildman–Crippen MR) is 88.9 cm³/mol. The second-order valence-electron chi connectivity index (χ2n) is 4.85. The molecule has 7 heteroatoms. The molecule has 0 atom stereocenters. The van der Waals surface area contributed by atoms with Gasteiger partial charge in [-0.05, 0) is 30.3 Å². The van der Waals surface area contributed by atoms with Crippen molar-refractivity contribution in [2.45, 2.75) is 6.61 Å². The molecule has 0 aliphatic heterocycles. The first-order chi connectivity index (χ1) is 11.0. The Bertz CT molecular complexity index is 898.